The molecule has 0 aromatic rings. The van der Waals surface area contributed by atoms with E-state index >= 15 is 0 Å². The molecule has 0 amide bonds. The van der Waals surface area contributed by atoms with Crippen molar-refractivity contribution in [3.63, 3.8) is 0 Å². The van der Waals surface area contributed by atoms with Crippen LogP contribution in [0.5, 0.6) is 0 Å². The molecule has 0 aromatic carbocycles. The summed E-state index contributed by atoms with van der Waals surface area (Å²) >= 11 is 0. The smallest absolute Gasteiger partial charge is 0.190 e. The third kappa shape index (κ3) is 2.08. The Hall–Kier alpha value is -1.30. The summed E-state index contributed by atoms with van der Waals surface area (Å²) in [6.45, 7) is 3.34. The van der Waals surface area contributed by atoms with E-state index in [0.717, 1.165) is 24.8 Å². The largest absolute Gasteiger partial charge is 0.393 e. The van der Waals surface area contributed by atoms with Crippen LogP contribution in [0, 0.1) is 28.6 Å². The topological polar surface area (TPSA) is 94.8 Å². The molecule has 7 atom stereocenters. The minimum absolute atomic E-state index is 0.00912. The van der Waals surface area contributed by atoms with Gasteiger partial charge in [-0.1, -0.05) is 25.5 Å². The molecule has 4 rings (SSSR count). The molecule has 4 aliphatic carbocycles. The van der Waals surface area contributed by atoms with E-state index in [-0.39, 0.29) is 29.0 Å². The normalized spacial score (nSPS) is 49.9. The second-order valence-electron chi connectivity index (χ2n) is 9.19. The van der Waals surface area contributed by atoms with E-state index < -0.39 is 29.5 Å². The molecule has 0 bridgehead atoms. The van der Waals surface area contributed by atoms with Gasteiger partial charge in [-0.3, -0.25) is 9.59 Å². The quantitative estimate of drug-likeness (QED) is 0.695. The Morgan fingerprint density at radius 1 is 1.31 bits per heavy atom. The first kappa shape index (κ1) is 18.1. The number of allylic oxidation sites excluding steroid dienone is 4. The van der Waals surface area contributed by atoms with Crippen molar-refractivity contribution in [1.82, 2.24) is 0 Å². The molecule has 0 spiro atoms. The van der Waals surface area contributed by atoms with E-state index in [2.05, 4.69) is 6.92 Å². The fourth-order valence-electron chi connectivity index (χ4n) is 6.92. The lowest BCUT2D eigenvalue weighted by atomic mass is 9.46. The highest BCUT2D eigenvalue weighted by Crippen LogP contribution is 2.67. The first-order valence-corrected chi connectivity index (χ1v) is 9.66. The minimum Gasteiger partial charge on any atom is -0.393 e. The minimum atomic E-state index is -1.56. The number of aliphatic hydroxyl groups excluding tert-OH is 2. The maximum atomic E-state index is 12.4. The van der Waals surface area contributed by atoms with Gasteiger partial charge in [0.15, 0.2) is 11.6 Å². The molecule has 3 saturated carbocycles. The highest BCUT2D eigenvalue weighted by molar-refractivity contribution is 6.01. The van der Waals surface area contributed by atoms with Crippen LogP contribution in [0.2, 0.25) is 0 Å². The monoisotopic (exact) mass is 360 g/mol. The molecule has 0 aliphatic heterocycles. The molecule has 0 heterocycles. The Morgan fingerprint density at radius 2 is 2.04 bits per heavy atom. The van der Waals surface area contributed by atoms with Gasteiger partial charge < -0.3 is 15.3 Å². The third-order valence-electron chi connectivity index (χ3n) is 8.25. The average molecular weight is 360 g/mol. The number of ketones is 2. The van der Waals surface area contributed by atoms with Crippen LogP contribution in [0.25, 0.3) is 0 Å². The summed E-state index contributed by atoms with van der Waals surface area (Å²) in [7, 11) is 0. The number of hydrogen-bond acceptors (Lipinski definition) is 5. The summed E-state index contributed by atoms with van der Waals surface area (Å²) in [6.07, 6.45) is 7.68. The number of carbonyl (C=O) groups excluding carboxylic acids is 2. The van der Waals surface area contributed by atoms with Crippen molar-refractivity contribution < 1.29 is 24.9 Å². The number of rotatable bonds is 2. The molecule has 3 fully saturated rings. The number of Topliss-reactive ketones (excluding diaryl/α,β-unsaturated/α-hetero) is 1. The van der Waals surface area contributed by atoms with Crippen LogP contribution in [-0.4, -0.2) is 45.2 Å². The van der Waals surface area contributed by atoms with Crippen LogP contribution >= 0.6 is 0 Å². The lowest BCUT2D eigenvalue weighted by Crippen LogP contribution is -2.61. The van der Waals surface area contributed by atoms with Crippen molar-refractivity contribution in [3.05, 3.63) is 23.8 Å². The van der Waals surface area contributed by atoms with Gasteiger partial charge >= 0.3 is 0 Å². The van der Waals surface area contributed by atoms with E-state index in [1.807, 2.05) is 13.0 Å². The number of aliphatic hydroxyl groups is 3. The highest BCUT2D eigenvalue weighted by atomic mass is 16.3. The zero-order valence-electron chi connectivity index (χ0n) is 15.4. The number of hydrogen-bond donors (Lipinski definition) is 3. The summed E-state index contributed by atoms with van der Waals surface area (Å²) in [6, 6.07) is 0. The Balaban J connectivity index is 1.75. The van der Waals surface area contributed by atoms with Crippen molar-refractivity contribution in [2.75, 3.05) is 6.61 Å². The maximum absolute atomic E-state index is 12.4. The van der Waals surface area contributed by atoms with E-state index in [1.54, 1.807) is 12.2 Å². The van der Waals surface area contributed by atoms with Gasteiger partial charge in [-0.15, -0.1) is 0 Å². The van der Waals surface area contributed by atoms with Gasteiger partial charge in [0.2, 0.25) is 0 Å². The molecule has 3 N–H and O–H groups in total. The average Bonchev–Trinajstić information content (AvgIpc) is 2.86. The number of fused-ring (bicyclic) bond motifs is 5. The molecular formula is C21H28O5. The van der Waals surface area contributed by atoms with Crippen LogP contribution in [-0.2, 0) is 9.59 Å². The lowest BCUT2D eigenvalue weighted by molar-refractivity contribution is -0.178. The van der Waals surface area contributed by atoms with Gasteiger partial charge in [0.1, 0.15) is 12.2 Å². The molecule has 5 heteroatoms. The van der Waals surface area contributed by atoms with Crippen LogP contribution in [0.15, 0.2) is 23.8 Å². The lowest BCUT2D eigenvalue weighted by Gasteiger charge is -2.59. The van der Waals surface area contributed by atoms with Crippen molar-refractivity contribution in [1.29, 1.82) is 0 Å². The fourth-order valence-corrected chi connectivity index (χ4v) is 6.92. The molecule has 4 aliphatic rings. The maximum Gasteiger partial charge on any atom is 0.190 e. The van der Waals surface area contributed by atoms with E-state index in [9.17, 15) is 24.9 Å². The van der Waals surface area contributed by atoms with Crippen molar-refractivity contribution in [2.45, 2.75) is 57.7 Å². The van der Waals surface area contributed by atoms with Gasteiger partial charge in [-0.2, -0.15) is 0 Å². The van der Waals surface area contributed by atoms with Gasteiger partial charge in [-0.05, 0) is 56.1 Å². The third-order valence-corrected chi connectivity index (χ3v) is 8.25. The SMILES string of the molecule is CC12C=CC(=O)C=C1CCC1[C@@H]2C(O)CC2(C)[C@H]1CC[C@]2(O)C(=O)CO. The Morgan fingerprint density at radius 3 is 2.73 bits per heavy atom. The van der Waals surface area contributed by atoms with Crippen LogP contribution in [0.3, 0.4) is 0 Å². The summed E-state index contributed by atoms with van der Waals surface area (Å²) < 4.78 is 0. The first-order valence-electron chi connectivity index (χ1n) is 9.66. The molecule has 142 valence electrons. The van der Waals surface area contributed by atoms with Gasteiger partial charge in [-0.25, -0.2) is 0 Å². The molecule has 5 nitrogen and oxygen atoms in total. The predicted molar refractivity (Wildman–Crippen MR) is 95.0 cm³/mol. The predicted octanol–water partition coefficient (Wildman–Crippen LogP) is 1.56. The van der Waals surface area contributed by atoms with Crippen molar-refractivity contribution in [3.8, 4) is 0 Å². The summed E-state index contributed by atoms with van der Waals surface area (Å²) in [4.78, 5) is 24.2. The van der Waals surface area contributed by atoms with Crippen LogP contribution in [0.1, 0.15) is 46.0 Å². The highest BCUT2D eigenvalue weighted by Gasteiger charge is 2.67. The molecule has 26 heavy (non-hydrogen) atoms. The van der Waals surface area contributed by atoms with Gasteiger partial charge in [0, 0.05) is 16.7 Å². The Labute approximate surface area is 153 Å². The zero-order valence-corrected chi connectivity index (χ0v) is 15.4. The molecule has 0 radical (unpaired) electrons. The summed E-state index contributed by atoms with van der Waals surface area (Å²) in [5.74, 6) is -0.227. The first-order chi connectivity index (χ1) is 12.2. The summed E-state index contributed by atoms with van der Waals surface area (Å²) in [5, 5.41) is 31.7. The number of carbonyl (C=O) groups is 2. The van der Waals surface area contributed by atoms with Crippen LogP contribution in [0.4, 0.5) is 0 Å². The standard InChI is InChI=1S/C21H28O5/c1-19-7-5-13(23)9-12(19)3-4-14-15-6-8-21(26,17(25)11-22)20(15,2)10-16(24)18(14)19/h5,7,9,14-16,18,22,24,26H,3-4,6,8,10-11H2,1-2H3/t14?,15-,16?,18+,19?,20?,21-/m0/s1. The van der Waals surface area contributed by atoms with E-state index in [0.29, 0.717) is 12.8 Å². The Kier molecular flexibility index (Phi) is 3.89. The molecule has 0 saturated heterocycles. The Bertz CT molecular complexity index is 724. The van der Waals surface area contributed by atoms with Crippen molar-refractivity contribution in [2.24, 2.45) is 28.6 Å². The van der Waals surface area contributed by atoms with E-state index in [1.165, 1.54) is 0 Å². The second kappa shape index (κ2) is 5.60. The summed E-state index contributed by atoms with van der Waals surface area (Å²) in [5.41, 5.74) is -1.54. The van der Waals surface area contributed by atoms with Gasteiger partial charge in [0.05, 0.1) is 6.10 Å². The van der Waals surface area contributed by atoms with Gasteiger partial charge in [0.25, 0.3) is 0 Å². The fraction of sp³-hybridized carbons (Fsp3) is 0.714. The van der Waals surface area contributed by atoms with Crippen LogP contribution < -0.4 is 0 Å². The molecular weight excluding hydrogens is 332 g/mol. The zero-order chi connectivity index (χ0) is 18.9. The second-order valence-corrected chi connectivity index (χ2v) is 9.19. The molecule has 4 unspecified atom stereocenters. The molecule has 0 aromatic heterocycles. The van der Waals surface area contributed by atoms with E-state index in [4.69, 9.17) is 0 Å². The van der Waals surface area contributed by atoms with Crippen molar-refractivity contribution >= 4 is 11.6 Å².